The van der Waals surface area contributed by atoms with Gasteiger partial charge in [-0.25, -0.2) is 0 Å². The van der Waals surface area contributed by atoms with Crippen LogP contribution in [0.5, 0.6) is 0 Å². The number of hydrogen-bond donors (Lipinski definition) is 1. The van der Waals surface area contributed by atoms with Gasteiger partial charge in [0.2, 0.25) is 0 Å². The Labute approximate surface area is 108 Å². The summed E-state index contributed by atoms with van der Waals surface area (Å²) in [6.07, 6.45) is 0. The molecular weight excluding hydrogens is 291 g/mol. The molecule has 1 aromatic rings. The standard InChI is InChI=1S/C11H12BrClN2O/c1-15(8-5-14-6-8)11(16)9-3-2-7(12)4-10(9)13/h2-4,8,14H,5-6H2,1H3. The van der Waals surface area contributed by atoms with Crippen LogP contribution in [0.15, 0.2) is 22.7 Å². The first kappa shape index (κ1) is 11.9. The molecule has 1 heterocycles. The Kier molecular flexibility index (Phi) is 3.52. The van der Waals surface area contributed by atoms with E-state index in [4.69, 9.17) is 11.6 Å². The van der Waals surface area contributed by atoms with Gasteiger partial charge in [-0.05, 0) is 18.2 Å². The lowest BCUT2D eigenvalue weighted by molar-refractivity contribution is 0.0681. The third kappa shape index (κ3) is 2.24. The molecule has 0 atom stereocenters. The van der Waals surface area contributed by atoms with E-state index in [1.165, 1.54) is 0 Å². The van der Waals surface area contributed by atoms with E-state index < -0.39 is 0 Å². The Bertz CT molecular complexity index is 420. The second-order valence-corrected chi connectivity index (χ2v) is 5.18. The van der Waals surface area contributed by atoms with Crippen LogP contribution < -0.4 is 5.32 Å². The second kappa shape index (κ2) is 4.73. The van der Waals surface area contributed by atoms with Crippen molar-refractivity contribution in [3.63, 3.8) is 0 Å². The SMILES string of the molecule is CN(C(=O)c1ccc(Br)cc1Cl)C1CNC1. The highest BCUT2D eigenvalue weighted by Gasteiger charge is 2.26. The minimum atomic E-state index is -0.0241. The molecular formula is C11H12BrClN2O. The lowest BCUT2D eigenvalue weighted by Crippen LogP contribution is -2.57. The molecule has 1 aromatic carbocycles. The lowest BCUT2D eigenvalue weighted by Gasteiger charge is -2.35. The molecule has 0 unspecified atom stereocenters. The maximum atomic E-state index is 12.1. The normalized spacial score (nSPS) is 15.7. The molecule has 0 spiro atoms. The highest BCUT2D eigenvalue weighted by molar-refractivity contribution is 9.10. The van der Waals surface area contributed by atoms with Crippen LogP contribution in [0.4, 0.5) is 0 Å². The first-order valence-corrected chi connectivity index (χ1v) is 6.19. The van der Waals surface area contributed by atoms with Crippen molar-refractivity contribution in [3.8, 4) is 0 Å². The Hall–Kier alpha value is -0.580. The first-order chi connectivity index (χ1) is 7.59. The number of nitrogens with zero attached hydrogens (tertiary/aromatic N) is 1. The van der Waals surface area contributed by atoms with E-state index in [-0.39, 0.29) is 11.9 Å². The van der Waals surface area contributed by atoms with Crippen LogP contribution in [-0.4, -0.2) is 37.0 Å². The Morgan fingerprint density at radius 1 is 1.56 bits per heavy atom. The summed E-state index contributed by atoms with van der Waals surface area (Å²) in [7, 11) is 1.81. The van der Waals surface area contributed by atoms with Gasteiger partial charge in [0, 0.05) is 24.6 Å². The minimum absolute atomic E-state index is 0.0241. The fourth-order valence-electron chi connectivity index (χ4n) is 1.57. The molecule has 5 heteroatoms. The highest BCUT2D eigenvalue weighted by atomic mass is 79.9. The number of nitrogens with one attached hydrogen (secondary N) is 1. The van der Waals surface area contributed by atoms with E-state index in [0.29, 0.717) is 10.6 Å². The van der Waals surface area contributed by atoms with Crippen molar-refractivity contribution in [3.05, 3.63) is 33.3 Å². The summed E-state index contributed by atoms with van der Waals surface area (Å²) < 4.78 is 0.877. The van der Waals surface area contributed by atoms with E-state index in [1.807, 2.05) is 13.1 Å². The Morgan fingerprint density at radius 3 is 2.75 bits per heavy atom. The molecule has 16 heavy (non-hydrogen) atoms. The van der Waals surface area contributed by atoms with Crippen molar-refractivity contribution in [1.29, 1.82) is 0 Å². The molecule has 0 bridgehead atoms. The molecule has 86 valence electrons. The zero-order chi connectivity index (χ0) is 11.7. The van der Waals surface area contributed by atoms with Crippen LogP contribution in [-0.2, 0) is 0 Å². The van der Waals surface area contributed by atoms with Crippen LogP contribution in [0.3, 0.4) is 0 Å². The number of hydrogen-bond acceptors (Lipinski definition) is 2. The van der Waals surface area contributed by atoms with Gasteiger partial charge < -0.3 is 10.2 Å². The van der Waals surface area contributed by atoms with Crippen LogP contribution in [0.25, 0.3) is 0 Å². The molecule has 1 aliphatic rings. The monoisotopic (exact) mass is 302 g/mol. The Morgan fingerprint density at radius 2 is 2.25 bits per heavy atom. The fourth-order valence-corrected chi connectivity index (χ4v) is 2.32. The average molecular weight is 304 g/mol. The third-order valence-electron chi connectivity index (χ3n) is 2.79. The molecule has 0 aromatic heterocycles. The van der Waals surface area contributed by atoms with E-state index in [2.05, 4.69) is 21.2 Å². The van der Waals surface area contributed by atoms with Crippen LogP contribution >= 0.6 is 27.5 Å². The summed E-state index contributed by atoms with van der Waals surface area (Å²) in [5.74, 6) is -0.0241. The topological polar surface area (TPSA) is 32.3 Å². The number of benzene rings is 1. The maximum absolute atomic E-state index is 12.1. The number of carbonyl (C=O) groups is 1. The van der Waals surface area contributed by atoms with Crippen molar-refractivity contribution < 1.29 is 4.79 Å². The zero-order valence-electron chi connectivity index (χ0n) is 8.84. The fraction of sp³-hybridized carbons (Fsp3) is 0.364. The summed E-state index contributed by atoms with van der Waals surface area (Å²) in [6, 6.07) is 5.59. The quantitative estimate of drug-likeness (QED) is 0.908. The Balaban J connectivity index is 2.19. The molecule has 1 aliphatic heterocycles. The molecule has 1 fully saturated rings. The zero-order valence-corrected chi connectivity index (χ0v) is 11.2. The predicted molar refractivity (Wildman–Crippen MR) is 67.9 cm³/mol. The molecule has 1 saturated heterocycles. The van der Waals surface area contributed by atoms with Crippen molar-refractivity contribution in [2.75, 3.05) is 20.1 Å². The lowest BCUT2D eigenvalue weighted by atomic mass is 10.1. The number of halogens is 2. The molecule has 2 rings (SSSR count). The smallest absolute Gasteiger partial charge is 0.255 e. The van der Waals surface area contributed by atoms with Crippen molar-refractivity contribution in [1.82, 2.24) is 10.2 Å². The highest BCUT2D eigenvalue weighted by Crippen LogP contribution is 2.23. The number of rotatable bonds is 2. The van der Waals surface area contributed by atoms with Gasteiger partial charge in [0.25, 0.3) is 5.91 Å². The predicted octanol–water partition coefficient (Wildman–Crippen LogP) is 2.15. The molecule has 0 radical (unpaired) electrons. The molecule has 1 N–H and O–H groups in total. The maximum Gasteiger partial charge on any atom is 0.255 e. The van der Waals surface area contributed by atoms with Gasteiger partial charge in [-0.3, -0.25) is 4.79 Å². The number of amides is 1. The molecule has 1 amide bonds. The van der Waals surface area contributed by atoms with Crippen molar-refractivity contribution in [2.45, 2.75) is 6.04 Å². The number of carbonyl (C=O) groups excluding carboxylic acids is 1. The first-order valence-electron chi connectivity index (χ1n) is 5.02. The van der Waals surface area contributed by atoms with Gasteiger partial charge in [-0.2, -0.15) is 0 Å². The molecule has 0 aliphatic carbocycles. The van der Waals surface area contributed by atoms with Crippen LogP contribution in [0.2, 0.25) is 5.02 Å². The van der Waals surface area contributed by atoms with Crippen molar-refractivity contribution >= 4 is 33.4 Å². The number of likely N-dealkylation sites (N-methyl/N-ethyl adjacent to an activating group) is 1. The van der Waals surface area contributed by atoms with Crippen molar-refractivity contribution in [2.24, 2.45) is 0 Å². The summed E-state index contributed by atoms with van der Waals surface area (Å²) in [6.45, 7) is 1.72. The van der Waals surface area contributed by atoms with E-state index in [1.54, 1.807) is 17.0 Å². The van der Waals surface area contributed by atoms with E-state index in [0.717, 1.165) is 17.6 Å². The van der Waals surface area contributed by atoms with Gasteiger partial charge in [0.05, 0.1) is 16.6 Å². The minimum Gasteiger partial charge on any atom is -0.336 e. The van der Waals surface area contributed by atoms with Crippen LogP contribution in [0.1, 0.15) is 10.4 Å². The molecule has 3 nitrogen and oxygen atoms in total. The van der Waals surface area contributed by atoms with Gasteiger partial charge in [0.1, 0.15) is 0 Å². The second-order valence-electron chi connectivity index (χ2n) is 3.85. The average Bonchev–Trinajstić information content (AvgIpc) is 2.14. The van der Waals surface area contributed by atoms with E-state index >= 15 is 0 Å². The van der Waals surface area contributed by atoms with Gasteiger partial charge in [-0.15, -0.1) is 0 Å². The van der Waals surface area contributed by atoms with Gasteiger partial charge >= 0.3 is 0 Å². The summed E-state index contributed by atoms with van der Waals surface area (Å²) in [4.78, 5) is 13.9. The summed E-state index contributed by atoms with van der Waals surface area (Å²) >= 11 is 9.36. The summed E-state index contributed by atoms with van der Waals surface area (Å²) in [5, 5.41) is 3.62. The molecule has 0 saturated carbocycles. The third-order valence-corrected chi connectivity index (χ3v) is 3.60. The largest absolute Gasteiger partial charge is 0.336 e. The van der Waals surface area contributed by atoms with Gasteiger partial charge in [-0.1, -0.05) is 27.5 Å². The van der Waals surface area contributed by atoms with Crippen LogP contribution in [0, 0.1) is 0 Å². The van der Waals surface area contributed by atoms with Gasteiger partial charge in [0.15, 0.2) is 0 Å². The van der Waals surface area contributed by atoms with E-state index in [9.17, 15) is 4.79 Å². The summed E-state index contributed by atoms with van der Waals surface area (Å²) in [5.41, 5.74) is 0.555.